The molecule has 4 heteroatoms. The Kier molecular flexibility index (Phi) is 1.62. The molecule has 1 aliphatic rings. The first-order chi connectivity index (χ1) is 7.33. The van der Waals surface area contributed by atoms with Crippen molar-refractivity contribution in [3.63, 3.8) is 0 Å². The molecule has 3 rings (SSSR count). The summed E-state index contributed by atoms with van der Waals surface area (Å²) in [5.74, 6) is -0.0522. The smallest absolute Gasteiger partial charge is 0.246 e. The Morgan fingerprint density at radius 3 is 2.87 bits per heavy atom. The molecule has 2 aromatic rings. The van der Waals surface area contributed by atoms with Crippen molar-refractivity contribution in [1.29, 1.82) is 0 Å². The van der Waals surface area contributed by atoms with Crippen LogP contribution in [0.1, 0.15) is 12.1 Å². The first-order valence-electron chi connectivity index (χ1n) is 4.76. The topological polar surface area (TPSA) is 57.2 Å². The number of nitrogens with zero attached hydrogens (tertiary/aromatic N) is 1. The summed E-state index contributed by atoms with van der Waals surface area (Å²) in [5, 5.41) is 5.10. The molecule has 0 saturated carbocycles. The molecule has 1 amide bonds. The molecule has 0 fully saturated rings. The first kappa shape index (κ1) is 8.23. The number of rotatable bonds is 1. The summed E-state index contributed by atoms with van der Waals surface area (Å²) in [4.78, 5) is 14.2. The average molecular weight is 199 g/mol. The third kappa shape index (κ3) is 1.30. The standard InChI is InChI=1S/C11H9N3O/c15-11-6-10(13-14-11)9-5-7-3-1-2-4-8(7)12-9/h1-5,12H,6H2,(H,14,15). The van der Waals surface area contributed by atoms with Crippen molar-refractivity contribution < 1.29 is 4.79 Å². The third-order valence-corrected chi connectivity index (χ3v) is 2.48. The molecule has 2 heterocycles. The lowest BCUT2D eigenvalue weighted by atomic mass is 10.2. The van der Waals surface area contributed by atoms with Crippen LogP contribution in [0.25, 0.3) is 10.9 Å². The molecule has 0 unspecified atom stereocenters. The second-order valence-electron chi connectivity index (χ2n) is 3.54. The fourth-order valence-corrected chi connectivity index (χ4v) is 1.75. The summed E-state index contributed by atoms with van der Waals surface area (Å²) in [6, 6.07) is 10.0. The Hall–Kier alpha value is -2.10. The molecule has 4 nitrogen and oxygen atoms in total. The van der Waals surface area contributed by atoms with E-state index in [4.69, 9.17) is 0 Å². The Morgan fingerprint density at radius 2 is 2.13 bits per heavy atom. The van der Waals surface area contributed by atoms with Crippen LogP contribution in [0.15, 0.2) is 35.4 Å². The van der Waals surface area contributed by atoms with Crippen LogP contribution in [0.3, 0.4) is 0 Å². The number of H-pyrrole nitrogens is 1. The molecule has 0 atom stereocenters. The molecule has 0 bridgehead atoms. The number of hydrogen-bond donors (Lipinski definition) is 2. The summed E-state index contributed by atoms with van der Waals surface area (Å²) >= 11 is 0. The Morgan fingerprint density at radius 1 is 1.27 bits per heavy atom. The third-order valence-electron chi connectivity index (χ3n) is 2.48. The molecule has 2 N–H and O–H groups in total. The highest BCUT2D eigenvalue weighted by molar-refractivity contribution is 6.14. The van der Waals surface area contributed by atoms with Gasteiger partial charge in [-0.3, -0.25) is 4.79 Å². The van der Waals surface area contributed by atoms with E-state index in [1.165, 1.54) is 0 Å². The van der Waals surface area contributed by atoms with E-state index in [9.17, 15) is 4.79 Å². The quantitative estimate of drug-likeness (QED) is 0.716. The van der Waals surface area contributed by atoms with Crippen LogP contribution in [0.2, 0.25) is 0 Å². The van der Waals surface area contributed by atoms with Gasteiger partial charge < -0.3 is 4.98 Å². The molecule has 1 aromatic heterocycles. The lowest BCUT2D eigenvalue weighted by Gasteiger charge is -1.90. The lowest BCUT2D eigenvalue weighted by molar-refractivity contribution is -0.119. The van der Waals surface area contributed by atoms with Gasteiger partial charge in [-0.05, 0) is 12.1 Å². The van der Waals surface area contributed by atoms with E-state index in [-0.39, 0.29) is 5.91 Å². The predicted octanol–water partition coefficient (Wildman–Crippen LogP) is 1.39. The molecular weight excluding hydrogens is 190 g/mol. The van der Waals surface area contributed by atoms with Crippen molar-refractivity contribution in [2.75, 3.05) is 0 Å². The number of aromatic amines is 1. The van der Waals surface area contributed by atoms with Gasteiger partial charge in [0.15, 0.2) is 0 Å². The Labute approximate surface area is 86.0 Å². The summed E-state index contributed by atoms with van der Waals surface area (Å²) in [7, 11) is 0. The maximum Gasteiger partial charge on any atom is 0.246 e. The summed E-state index contributed by atoms with van der Waals surface area (Å²) in [6.07, 6.45) is 0.354. The van der Waals surface area contributed by atoms with Crippen LogP contribution in [-0.4, -0.2) is 16.6 Å². The van der Waals surface area contributed by atoms with E-state index in [0.717, 1.165) is 22.3 Å². The van der Waals surface area contributed by atoms with Gasteiger partial charge in [-0.1, -0.05) is 18.2 Å². The van der Waals surface area contributed by atoms with Crippen molar-refractivity contribution in [2.24, 2.45) is 5.10 Å². The Balaban J connectivity index is 2.09. The predicted molar refractivity (Wildman–Crippen MR) is 57.6 cm³/mol. The van der Waals surface area contributed by atoms with Crippen LogP contribution in [0, 0.1) is 0 Å². The molecule has 0 spiro atoms. The van der Waals surface area contributed by atoms with E-state index in [1.54, 1.807) is 0 Å². The van der Waals surface area contributed by atoms with Crippen molar-refractivity contribution in [1.82, 2.24) is 10.4 Å². The van der Waals surface area contributed by atoms with E-state index < -0.39 is 0 Å². The number of hydrogen-bond acceptors (Lipinski definition) is 2. The molecule has 74 valence electrons. The van der Waals surface area contributed by atoms with Gasteiger partial charge in [-0.15, -0.1) is 0 Å². The van der Waals surface area contributed by atoms with Crippen LogP contribution in [-0.2, 0) is 4.79 Å². The highest BCUT2D eigenvalue weighted by Crippen LogP contribution is 2.17. The zero-order chi connectivity index (χ0) is 10.3. The van der Waals surface area contributed by atoms with Crippen LogP contribution >= 0.6 is 0 Å². The largest absolute Gasteiger partial charge is 0.353 e. The second-order valence-corrected chi connectivity index (χ2v) is 3.54. The number of benzene rings is 1. The fourth-order valence-electron chi connectivity index (χ4n) is 1.75. The maximum atomic E-state index is 11.0. The second kappa shape index (κ2) is 2.95. The molecule has 1 aromatic carbocycles. The number of aromatic nitrogens is 1. The normalized spacial score (nSPS) is 15.5. The number of para-hydroxylation sites is 1. The SMILES string of the molecule is O=C1CC(c2cc3ccccc3[nH]2)=NN1. The van der Waals surface area contributed by atoms with Crippen molar-refractivity contribution in [3.8, 4) is 0 Å². The number of nitrogens with one attached hydrogen (secondary N) is 2. The van der Waals surface area contributed by atoms with Gasteiger partial charge in [0, 0.05) is 10.9 Å². The lowest BCUT2D eigenvalue weighted by Crippen LogP contribution is -2.09. The van der Waals surface area contributed by atoms with Gasteiger partial charge in [-0.25, -0.2) is 5.43 Å². The summed E-state index contributed by atoms with van der Waals surface area (Å²) in [5.41, 5.74) is 5.19. The molecule has 15 heavy (non-hydrogen) atoms. The average Bonchev–Trinajstić information content (AvgIpc) is 2.82. The minimum absolute atomic E-state index is 0.0522. The first-order valence-corrected chi connectivity index (χ1v) is 4.76. The molecule has 0 radical (unpaired) electrons. The zero-order valence-corrected chi connectivity index (χ0v) is 7.95. The highest BCUT2D eigenvalue weighted by Gasteiger charge is 2.17. The number of amides is 1. The Bertz CT molecular complexity index is 535. The van der Waals surface area contributed by atoms with Crippen molar-refractivity contribution in [2.45, 2.75) is 6.42 Å². The van der Waals surface area contributed by atoms with E-state index in [0.29, 0.717) is 6.42 Å². The van der Waals surface area contributed by atoms with Crippen molar-refractivity contribution in [3.05, 3.63) is 36.0 Å². The van der Waals surface area contributed by atoms with E-state index in [2.05, 4.69) is 15.5 Å². The van der Waals surface area contributed by atoms with Crippen molar-refractivity contribution >= 4 is 22.5 Å². The van der Waals surface area contributed by atoms with Gasteiger partial charge in [0.25, 0.3) is 0 Å². The van der Waals surface area contributed by atoms with Gasteiger partial charge in [0.2, 0.25) is 5.91 Å². The van der Waals surface area contributed by atoms with E-state index in [1.807, 2.05) is 30.3 Å². The van der Waals surface area contributed by atoms with Gasteiger partial charge in [0.05, 0.1) is 17.8 Å². The molecule has 1 aliphatic heterocycles. The number of carbonyl (C=O) groups excluding carboxylic acids is 1. The van der Waals surface area contributed by atoms with Gasteiger partial charge in [0.1, 0.15) is 0 Å². The fraction of sp³-hybridized carbons (Fsp3) is 0.0909. The monoisotopic (exact) mass is 199 g/mol. The number of carbonyl (C=O) groups is 1. The van der Waals surface area contributed by atoms with Crippen LogP contribution < -0.4 is 5.43 Å². The number of hydrazone groups is 1. The summed E-state index contributed by atoms with van der Waals surface area (Å²) in [6.45, 7) is 0. The minimum atomic E-state index is -0.0522. The van der Waals surface area contributed by atoms with Crippen LogP contribution in [0.5, 0.6) is 0 Å². The van der Waals surface area contributed by atoms with E-state index >= 15 is 0 Å². The van der Waals surface area contributed by atoms with Crippen LogP contribution in [0.4, 0.5) is 0 Å². The number of fused-ring (bicyclic) bond motifs is 1. The minimum Gasteiger partial charge on any atom is -0.353 e. The molecular formula is C11H9N3O. The summed E-state index contributed by atoms with van der Waals surface area (Å²) < 4.78 is 0. The highest BCUT2D eigenvalue weighted by atomic mass is 16.2. The van der Waals surface area contributed by atoms with Gasteiger partial charge >= 0.3 is 0 Å². The maximum absolute atomic E-state index is 11.0. The molecule has 0 saturated heterocycles. The molecule has 0 aliphatic carbocycles. The van der Waals surface area contributed by atoms with Gasteiger partial charge in [-0.2, -0.15) is 5.10 Å². The zero-order valence-electron chi connectivity index (χ0n) is 7.95.